The second-order valence-corrected chi connectivity index (χ2v) is 9.95. The highest BCUT2D eigenvalue weighted by molar-refractivity contribution is 6.33. The molecule has 0 spiro atoms. The molecule has 0 aliphatic rings. The van der Waals surface area contributed by atoms with E-state index in [0.717, 1.165) is 5.39 Å². The molecule has 0 aliphatic carbocycles. The normalized spacial score (nSPS) is 12.1. The van der Waals surface area contributed by atoms with E-state index in [-0.39, 0.29) is 16.5 Å². The van der Waals surface area contributed by atoms with Gasteiger partial charge in [-0.05, 0) is 73.3 Å². The van der Waals surface area contributed by atoms with E-state index in [2.05, 4.69) is 5.32 Å². The Morgan fingerprint density at radius 3 is 2.50 bits per heavy atom. The molecule has 0 saturated heterocycles. The molecular weight excluding hydrogens is 507 g/mol. The molecule has 0 aliphatic heterocycles. The summed E-state index contributed by atoms with van der Waals surface area (Å²) in [4.78, 5) is 24.5. The number of pyridine rings is 1. The standard InChI is InChI=1S/C30H30ClFN2O4/c1-19(2)15-27(30(36)37)33-13-6-14-38-22-17-25(23-10-9-20(32)16-26(23)31)24-11-12-29(35)34(28(24)18-22)21-7-4-3-5-8-21/h3-5,7-12,16-19,27,33H,6,13-15H2,1-2H3,(H,36,37)/t27-/m0/s1. The number of aromatic nitrogens is 1. The number of carboxylic acid groups (broad SMARTS) is 1. The largest absolute Gasteiger partial charge is 0.493 e. The Hall–Kier alpha value is -3.68. The quantitative estimate of drug-likeness (QED) is 0.220. The topological polar surface area (TPSA) is 80.6 Å². The van der Waals surface area contributed by atoms with Crippen molar-refractivity contribution < 1.29 is 19.0 Å². The molecule has 0 fully saturated rings. The van der Waals surface area contributed by atoms with E-state index >= 15 is 0 Å². The van der Waals surface area contributed by atoms with Gasteiger partial charge in [0, 0.05) is 28.8 Å². The van der Waals surface area contributed by atoms with Crippen molar-refractivity contribution in [1.29, 1.82) is 0 Å². The summed E-state index contributed by atoms with van der Waals surface area (Å²) in [5.41, 5.74) is 2.43. The highest BCUT2D eigenvalue weighted by atomic mass is 35.5. The second-order valence-electron chi connectivity index (χ2n) is 9.55. The zero-order chi connectivity index (χ0) is 27.2. The number of halogens is 2. The highest BCUT2D eigenvalue weighted by Gasteiger charge is 2.18. The molecule has 4 aromatic rings. The van der Waals surface area contributed by atoms with Gasteiger partial charge in [-0.1, -0.05) is 43.6 Å². The van der Waals surface area contributed by atoms with Crippen molar-refractivity contribution in [2.45, 2.75) is 32.7 Å². The molecule has 4 rings (SSSR count). The van der Waals surface area contributed by atoms with Crippen LogP contribution in [0.5, 0.6) is 5.75 Å². The molecule has 198 valence electrons. The van der Waals surface area contributed by atoms with E-state index in [1.807, 2.05) is 50.2 Å². The molecule has 3 aromatic carbocycles. The van der Waals surface area contributed by atoms with Crippen LogP contribution in [0.2, 0.25) is 5.02 Å². The van der Waals surface area contributed by atoms with Gasteiger partial charge in [0.15, 0.2) is 0 Å². The number of nitrogens with one attached hydrogen (secondary N) is 1. The number of ether oxygens (including phenoxy) is 1. The summed E-state index contributed by atoms with van der Waals surface area (Å²) in [5.74, 6) is -0.536. The van der Waals surface area contributed by atoms with Crippen LogP contribution in [0.1, 0.15) is 26.7 Å². The number of hydrogen-bond acceptors (Lipinski definition) is 4. The van der Waals surface area contributed by atoms with Gasteiger partial charge in [-0.25, -0.2) is 4.39 Å². The van der Waals surface area contributed by atoms with Crippen LogP contribution >= 0.6 is 11.6 Å². The van der Waals surface area contributed by atoms with Crippen molar-refractivity contribution in [3.63, 3.8) is 0 Å². The Balaban J connectivity index is 1.68. The van der Waals surface area contributed by atoms with Gasteiger partial charge < -0.3 is 15.2 Å². The first kappa shape index (κ1) is 27.4. The number of rotatable bonds is 11. The molecule has 0 bridgehead atoms. The first-order valence-corrected chi connectivity index (χ1v) is 12.9. The van der Waals surface area contributed by atoms with Gasteiger partial charge in [0.1, 0.15) is 17.6 Å². The van der Waals surface area contributed by atoms with Crippen LogP contribution in [-0.2, 0) is 4.79 Å². The van der Waals surface area contributed by atoms with E-state index in [0.29, 0.717) is 54.1 Å². The third-order valence-electron chi connectivity index (χ3n) is 6.21. The lowest BCUT2D eigenvalue weighted by molar-refractivity contribution is -0.139. The Morgan fingerprint density at radius 2 is 1.82 bits per heavy atom. The number of benzene rings is 3. The predicted octanol–water partition coefficient (Wildman–Crippen LogP) is 6.31. The molecule has 0 unspecified atom stereocenters. The van der Waals surface area contributed by atoms with Gasteiger partial charge in [0.05, 0.1) is 17.1 Å². The summed E-state index contributed by atoms with van der Waals surface area (Å²) in [6.07, 6.45) is 1.12. The maximum atomic E-state index is 13.8. The van der Waals surface area contributed by atoms with Crippen molar-refractivity contribution in [2.24, 2.45) is 5.92 Å². The first-order chi connectivity index (χ1) is 18.2. The molecule has 6 nitrogen and oxygen atoms in total. The zero-order valence-electron chi connectivity index (χ0n) is 21.3. The molecule has 0 amide bonds. The van der Waals surface area contributed by atoms with E-state index in [9.17, 15) is 19.1 Å². The van der Waals surface area contributed by atoms with Crippen molar-refractivity contribution in [2.75, 3.05) is 13.2 Å². The average molecular weight is 537 g/mol. The van der Waals surface area contributed by atoms with E-state index in [1.54, 1.807) is 22.8 Å². The lowest BCUT2D eigenvalue weighted by Gasteiger charge is -2.18. The van der Waals surface area contributed by atoms with Crippen LogP contribution < -0.4 is 15.6 Å². The smallest absolute Gasteiger partial charge is 0.320 e. The maximum absolute atomic E-state index is 13.8. The first-order valence-electron chi connectivity index (χ1n) is 12.5. The maximum Gasteiger partial charge on any atom is 0.320 e. The van der Waals surface area contributed by atoms with Gasteiger partial charge in [-0.3, -0.25) is 14.2 Å². The fourth-order valence-corrected chi connectivity index (χ4v) is 4.73. The van der Waals surface area contributed by atoms with Gasteiger partial charge >= 0.3 is 5.97 Å². The second kappa shape index (κ2) is 12.2. The number of nitrogens with zero attached hydrogens (tertiary/aromatic N) is 1. The van der Waals surface area contributed by atoms with Crippen LogP contribution in [0, 0.1) is 11.7 Å². The third kappa shape index (κ3) is 6.41. The minimum absolute atomic E-state index is 0.203. The monoisotopic (exact) mass is 536 g/mol. The molecule has 1 heterocycles. The molecule has 1 atom stereocenters. The van der Waals surface area contributed by atoms with Gasteiger partial charge in [0.25, 0.3) is 5.56 Å². The summed E-state index contributed by atoms with van der Waals surface area (Å²) < 4.78 is 21.5. The van der Waals surface area contributed by atoms with Gasteiger partial charge in [-0.2, -0.15) is 0 Å². The molecule has 2 N–H and O–H groups in total. The number of hydrogen-bond donors (Lipinski definition) is 2. The minimum atomic E-state index is -0.867. The summed E-state index contributed by atoms with van der Waals surface area (Å²) in [6.45, 7) is 4.77. The number of carboxylic acids is 1. The summed E-state index contributed by atoms with van der Waals surface area (Å²) in [7, 11) is 0. The lowest BCUT2D eigenvalue weighted by Crippen LogP contribution is -2.38. The van der Waals surface area contributed by atoms with Crippen LogP contribution in [0.25, 0.3) is 27.7 Å². The average Bonchev–Trinajstić information content (AvgIpc) is 2.87. The number of carbonyl (C=O) groups is 1. The van der Waals surface area contributed by atoms with E-state index in [4.69, 9.17) is 16.3 Å². The molecule has 0 radical (unpaired) electrons. The number of para-hydroxylation sites is 1. The van der Waals surface area contributed by atoms with Crippen molar-refractivity contribution in [3.05, 3.63) is 94.0 Å². The van der Waals surface area contributed by atoms with E-state index < -0.39 is 17.8 Å². The molecule has 38 heavy (non-hydrogen) atoms. The molecule has 8 heteroatoms. The number of aliphatic carboxylic acids is 1. The fraction of sp³-hybridized carbons (Fsp3) is 0.267. The Kier molecular flexibility index (Phi) is 8.81. The van der Waals surface area contributed by atoms with Gasteiger partial charge in [-0.15, -0.1) is 0 Å². The summed E-state index contributed by atoms with van der Waals surface area (Å²) in [6, 6.07) is 19.8. The van der Waals surface area contributed by atoms with Crippen molar-refractivity contribution >= 4 is 28.5 Å². The third-order valence-corrected chi connectivity index (χ3v) is 6.52. The summed E-state index contributed by atoms with van der Waals surface area (Å²) >= 11 is 6.44. The van der Waals surface area contributed by atoms with Crippen LogP contribution in [0.3, 0.4) is 0 Å². The molecular formula is C30H30ClFN2O4. The Labute approximate surface area is 225 Å². The molecule has 0 saturated carbocycles. The fourth-order valence-electron chi connectivity index (χ4n) is 4.46. The minimum Gasteiger partial charge on any atom is -0.493 e. The van der Waals surface area contributed by atoms with E-state index in [1.165, 1.54) is 18.2 Å². The summed E-state index contributed by atoms with van der Waals surface area (Å²) in [5, 5.41) is 13.5. The SMILES string of the molecule is CC(C)C[C@H](NCCCOc1cc(-c2ccc(F)cc2Cl)c2ccc(=O)n(-c3ccccc3)c2c1)C(=O)O. The Bertz CT molecular complexity index is 1490. The predicted molar refractivity (Wildman–Crippen MR) is 149 cm³/mol. The van der Waals surface area contributed by atoms with Crippen LogP contribution in [0.4, 0.5) is 4.39 Å². The van der Waals surface area contributed by atoms with Crippen LogP contribution in [-0.4, -0.2) is 34.8 Å². The zero-order valence-corrected chi connectivity index (χ0v) is 22.0. The lowest BCUT2D eigenvalue weighted by atomic mass is 9.99. The number of fused-ring (bicyclic) bond motifs is 1. The van der Waals surface area contributed by atoms with Crippen molar-refractivity contribution in [3.8, 4) is 22.6 Å². The Morgan fingerprint density at radius 1 is 1.05 bits per heavy atom. The molecule has 1 aromatic heterocycles. The van der Waals surface area contributed by atoms with Crippen molar-refractivity contribution in [1.82, 2.24) is 9.88 Å². The highest BCUT2D eigenvalue weighted by Crippen LogP contribution is 2.37. The van der Waals surface area contributed by atoms with Gasteiger partial charge in [0.2, 0.25) is 0 Å². The van der Waals surface area contributed by atoms with Crippen LogP contribution in [0.15, 0.2) is 77.6 Å².